The van der Waals surface area contributed by atoms with E-state index in [4.69, 9.17) is 17.3 Å². The first-order chi connectivity index (χ1) is 9.03. The van der Waals surface area contributed by atoms with Crippen LogP contribution in [0.3, 0.4) is 0 Å². The summed E-state index contributed by atoms with van der Waals surface area (Å²) in [5, 5.41) is 2.89. The molecule has 0 aliphatic rings. The molecule has 0 radical (unpaired) electrons. The van der Waals surface area contributed by atoms with Crippen molar-refractivity contribution in [3.05, 3.63) is 28.8 Å². The van der Waals surface area contributed by atoms with Gasteiger partial charge in [-0.25, -0.2) is 0 Å². The highest BCUT2D eigenvalue weighted by atomic mass is 35.5. The molecule has 0 aliphatic heterocycles. The predicted octanol–water partition coefficient (Wildman–Crippen LogP) is 1.72. The van der Waals surface area contributed by atoms with E-state index in [1.165, 1.54) is 0 Å². The molecule has 19 heavy (non-hydrogen) atoms. The first-order valence-electron chi connectivity index (χ1n) is 6.12. The Morgan fingerprint density at radius 2 is 1.95 bits per heavy atom. The summed E-state index contributed by atoms with van der Waals surface area (Å²) in [6, 6.07) is 4.79. The molecular formula is C13H18ClN3O2. The second kappa shape index (κ2) is 7.11. The van der Waals surface area contributed by atoms with Gasteiger partial charge in [0.15, 0.2) is 0 Å². The van der Waals surface area contributed by atoms with Crippen LogP contribution in [0.25, 0.3) is 0 Å². The maximum atomic E-state index is 12.2. The van der Waals surface area contributed by atoms with Crippen LogP contribution in [0, 0.1) is 0 Å². The Hall–Kier alpha value is -1.59. The Labute approximate surface area is 117 Å². The number of carbonyl (C=O) groups excluding carboxylic acids is 2. The summed E-state index contributed by atoms with van der Waals surface area (Å²) in [4.78, 5) is 25.0. The van der Waals surface area contributed by atoms with Gasteiger partial charge in [-0.05, 0) is 32.0 Å². The van der Waals surface area contributed by atoms with Crippen molar-refractivity contribution in [2.45, 2.75) is 13.8 Å². The smallest absolute Gasteiger partial charge is 0.255 e. The van der Waals surface area contributed by atoms with Gasteiger partial charge >= 0.3 is 0 Å². The minimum Gasteiger partial charge on any atom is -0.339 e. The number of nitrogens with two attached hydrogens (primary N) is 1. The molecule has 1 aromatic rings. The average Bonchev–Trinajstić information content (AvgIpc) is 2.40. The highest BCUT2D eigenvalue weighted by molar-refractivity contribution is 6.34. The van der Waals surface area contributed by atoms with Crippen molar-refractivity contribution in [1.29, 1.82) is 0 Å². The number of anilines is 1. The number of hydrogen-bond acceptors (Lipinski definition) is 3. The van der Waals surface area contributed by atoms with Crippen molar-refractivity contribution >= 4 is 29.1 Å². The number of carbonyl (C=O) groups is 2. The number of benzene rings is 1. The summed E-state index contributed by atoms with van der Waals surface area (Å²) >= 11 is 6.08. The molecule has 6 heteroatoms. The molecule has 5 nitrogen and oxygen atoms in total. The topological polar surface area (TPSA) is 75.4 Å². The normalized spacial score (nSPS) is 10.1. The lowest BCUT2D eigenvalue weighted by atomic mass is 10.1. The molecule has 1 aromatic carbocycles. The highest BCUT2D eigenvalue weighted by Gasteiger charge is 2.16. The van der Waals surface area contributed by atoms with Crippen LogP contribution in [0.4, 0.5) is 5.69 Å². The molecule has 0 unspecified atom stereocenters. The van der Waals surface area contributed by atoms with E-state index < -0.39 is 0 Å². The minimum atomic E-state index is -0.307. The van der Waals surface area contributed by atoms with Crippen molar-refractivity contribution in [3.8, 4) is 0 Å². The lowest BCUT2D eigenvalue weighted by molar-refractivity contribution is -0.114. The second-order valence-corrected chi connectivity index (χ2v) is 4.33. The van der Waals surface area contributed by atoms with E-state index in [-0.39, 0.29) is 18.4 Å². The quantitative estimate of drug-likeness (QED) is 0.864. The molecular weight excluding hydrogens is 266 g/mol. The summed E-state index contributed by atoms with van der Waals surface area (Å²) in [7, 11) is 0. The summed E-state index contributed by atoms with van der Waals surface area (Å²) < 4.78 is 0. The van der Waals surface area contributed by atoms with E-state index in [9.17, 15) is 9.59 Å². The molecule has 1 rings (SSSR count). The highest BCUT2D eigenvalue weighted by Crippen LogP contribution is 2.22. The summed E-state index contributed by atoms with van der Waals surface area (Å²) in [6.07, 6.45) is 0. The average molecular weight is 284 g/mol. The maximum absolute atomic E-state index is 12.2. The van der Waals surface area contributed by atoms with Crippen molar-refractivity contribution < 1.29 is 9.59 Å². The van der Waals surface area contributed by atoms with Gasteiger partial charge in [0.25, 0.3) is 5.91 Å². The molecule has 3 N–H and O–H groups in total. The van der Waals surface area contributed by atoms with Gasteiger partial charge in [0.2, 0.25) is 5.91 Å². The van der Waals surface area contributed by atoms with Crippen LogP contribution in [0.2, 0.25) is 5.02 Å². The van der Waals surface area contributed by atoms with Crippen molar-refractivity contribution in [2.24, 2.45) is 5.73 Å². The molecule has 0 saturated heterocycles. The zero-order chi connectivity index (χ0) is 14.4. The predicted molar refractivity (Wildman–Crippen MR) is 76.4 cm³/mol. The number of hydrogen-bond donors (Lipinski definition) is 2. The Morgan fingerprint density at radius 3 is 2.42 bits per heavy atom. The van der Waals surface area contributed by atoms with E-state index >= 15 is 0 Å². The van der Waals surface area contributed by atoms with E-state index in [1.807, 2.05) is 13.8 Å². The van der Waals surface area contributed by atoms with Gasteiger partial charge in [-0.3, -0.25) is 9.59 Å². The molecule has 0 aliphatic carbocycles. The van der Waals surface area contributed by atoms with Crippen LogP contribution < -0.4 is 11.1 Å². The van der Waals surface area contributed by atoms with Gasteiger partial charge in [-0.2, -0.15) is 0 Å². The fraction of sp³-hybridized carbons (Fsp3) is 0.385. The van der Waals surface area contributed by atoms with Crippen molar-refractivity contribution in [1.82, 2.24) is 4.90 Å². The van der Waals surface area contributed by atoms with Gasteiger partial charge in [-0.15, -0.1) is 0 Å². The van der Waals surface area contributed by atoms with Gasteiger partial charge in [0, 0.05) is 18.8 Å². The summed E-state index contributed by atoms with van der Waals surface area (Å²) in [5.41, 5.74) is 6.16. The maximum Gasteiger partial charge on any atom is 0.255 e. The third-order valence-corrected chi connectivity index (χ3v) is 3.03. The fourth-order valence-electron chi connectivity index (χ4n) is 1.66. The van der Waals surface area contributed by atoms with Crippen molar-refractivity contribution in [2.75, 3.05) is 25.0 Å². The summed E-state index contributed by atoms with van der Waals surface area (Å²) in [5.74, 6) is -0.425. The Bertz CT molecular complexity index is 473. The molecule has 0 atom stereocenters. The van der Waals surface area contributed by atoms with Crippen LogP contribution in [0.1, 0.15) is 24.2 Å². The molecule has 0 fully saturated rings. The number of halogens is 1. The van der Waals surface area contributed by atoms with Gasteiger partial charge in [0.05, 0.1) is 17.1 Å². The number of amides is 2. The van der Waals surface area contributed by atoms with Gasteiger partial charge in [-0.1, -0.05) is 11.6 Å². The molecule has 0 aromatic heterocycles. The second-order valence-electron chi connectivity index (χ2n) is 3.92. The van der Waals surface area contributed by atoms with Crippen LogP contribution >= 0.6 is 11.6 Å². The van der Waals surface area contributed by atoms with E-state index in [0.717, 1.165) is 0 Å². The zero-order valence-corrected chi connectivity index (χ0v) is 11.8. The minimum absolute atomic E-state index is 0.0995. The SMILES string of the molecule is CCN(CC)C(=O)c1ccc(NC(=O)CN)cc1Cl. The van der Waals surface area contributed by atoms with E-state index in [0.29, 0.717) is 29.4 Å². The first-order valence-corrected chi connectivity index (χ1v) is 6.50. The standard InChI is InChI=1S/C13H18ClN3O2/c1-3-17(4-2)13(19)10-6-5-9(7-11(10)14)16-12(18)8-15/h5-7H,3-4,8,15H2,1-2H3,(H,16,18). The number of nitrogens with zero attached hydrogens (tertiary/aromatic N) is 1. The molecule has 0 heterocycles. The molecule has 104 valence electrons. The summed E-state index contributed by atoms with van der Waals surface area (Å²) in [6.45, 7) is 4.96. The third kappa shape index (κ3) is 3.94. The number of nitrogens with one attached hydrogen (secondary N) is 1. The zero-order valence-electron chi connectivity index (χ0n) is 11.1. The van der Waals surface area contributed by atoms with Gasteiger partial charge < -0.3 is 16.0 Å². The largest absolute Gasteiger partial charge is 0.339 e. The Kier molecular flexibility index (Phi) is 5.79. The fourth-order valence-corrected chi connectivity index (χ4v) is 1.92. The third-order valence-electron chi connectivity index (χ3n) is 2.72. The van der Waals surface area contributed by atoms with Crippen LogP contribution in [0.5, 0.6) is 0 Å². The molecule has 0 saturated carbocycles. The van der Waals surface area contributed by atoms with Crippen LogP contribution in [0.15, 0.2) is 18.2 Å². The molecule has 0 spiro atoms. The van der Waals surface area contributed by atoms with Crippen LogP contribution in [-0.2, 0) is 4.79 Å². The van der Waals surface area contributed by atoms with Crippen molar-refractivity contribution in [3.63, 3.8) is 0 Å². The Morgan fingerprint density at radius 1 is 1.32 bits per heavy atom. The van der Waals surface area contributed by atoms with E-state index in [1.54, 1.807) is 23.1 Å². The first kappa shape index (κ1) is 15.5. The molecule has 0 bridgehead atoms. The lowest BCUT2D eigenvalue weighted by Crippen LogP contribution is -2.30. The van der Waals surface area contributed by atoms with Gasteiger partial charge in [0.1, 0.15) is 0 Å². The van der Waals surface area contributed by atoms with Crippen LogP contribution in [-0.4, -0.2) is 36.3 Å². The molecule has 2 amide bonds. The Balaban J connectivity index is 2.94. The lowest BCUT2D eigenvalue weighted by Gasteiger charge is -2.19. The van der Waals surface area contributed by atoms with E-state index in [2.05, 4.69) is 5.32 Å². The number of rotatable bonds is 5. The monoisotopic (exact) mass is 283 g/mol.